The molecule has 7 nitrogen and oxygen atoms in total. The molecule has 0 saturated carbocycles. The van der Waals surface area contributed by atoms with Crippen molar-refractivity contribution < 1.29 is 13.7 Å². The highest BCUT2D eigenvalue weighted by Crippen LogP contribution is 2.17. The van der Waals surface area contributed by atoms with Crippen LogP contribution in [0.1, 0.15) is 53.0 Å². The van der Waals surface area contributed by atoms with Gasteiger partial charge in [0.25, 0.3) is 5.91 Å². The van der Waals surface area contributed by atoms with Crippen LogP contribution in [0.5, 0.6) is 0 Å². The van der Waals surface area contributed by atoms with Crippen molar-refractivity contribution in [2.75, 3.05) is 5.32 Å². The molecule has 0 fully saturated rings. The molecule has 0 aliphatic rings. The van der Waals surface area contributed by atoms with Gasteiger partial charge >= 0.3 is 6.01 Å². The number of aromatic nitrogens is 3. The molecule has 0 unspecified atom stereocenters. The van der Waals surface area contributed by atoms with Gasteiger partial charge in [0.1, 0.15) is 0 Å². The molecule has 3 aromatic rings. The average Bonchev–Trinajstić information content (AvgIpc) is 3.17. The molecule has 0 aliphatic heterocycles. The summed E-state index contributed by atoms with van der Waals surface area (Å²) in [6.45, 7) is 6.03. The Morgan fingerprint density at radius 3 is 2.58 bits per heavy atom. The summed E-state index contributed by atoms with van der Waals surface area (Å²) in [7, 11) is 0. The first-order valence-electron chi connectivity index (χ1n) is 7.67. The van der Waals surface area contributed by atoms with Crippen molar-refractivity contribution in [3.05, 3.63) is 58.8 Å². The van der Waals surface area contributed by atoms with E-state index in [0.29, 0.717) is 23.9 Å². The summed E-state index contributed by atoms with van der Waals surface area (Å²) < 4.78 is 10.3. The van der Waals surface area contributed by atoms with Crippen LogP contribution in [0.3, 0.4) is 0 Å². The molecule has 1 amide bonds. The highest BCUT2D eigenvalue weighted by Gasteiger charge is 2.15. The van der Waals surface area contributed by atoms with Gasteiger partial charge in [-0.05, 0) is 24.0 Å². The Morgan fingerprint density at radius 1 is 1.21 bits per heavy atom. The van der Waals surface area contributed by atoms with Crippen molar-refractivity contribution in [2.45, 2.75) is 33.1 Å². The monoisotopic (exact) mass is 326 g/mol. The van der Waals surface area contributed by atoms with Crippen LogP contribution < -0.4 is 5.32 Å². The van der Waals surface area contributed by atoms with Crippen LogP contribution in [0.2, 0.25) is 0 Å². The van der Waals surface area contributed by atoms with Gasteiger partial charge in [-0.3, -0.25) is 10.1 Å². The molecule has 0 saturated heterocycles. The molecule has 0 bridgehead atoms. The first-order valence-corrected chi connectivity index (χ1v) is 7.67. The fourth-order valence-corrected chi connectivity index (χ4v) is 2.20. The Morgan fingerprint density at radius 2 is 1.96 bits per heavy atom. The van der Waals surface area contributed by atoms with Crippen molar-refractivity contribution in [1.82, 2.24) is 15.4 Å². The van der Waals surface area contributed by atoms with Gasteiger partial charge in [-0.1, -0.05) is 48.4 Å². The molecular formula is C17H18N4O3. The zero-order valence-electron chi connectivity index (χ0n) is 13.7. The third-order valence-electron chi connectivity index (χ3n) is 3.54. The van der Waals surface area contributed by atoms with Gasteiger partial charge in [0.2, 0.25) is 11.7 Å². The topological polar surface area (TPSA) is 94.1 Å². The number of amides is 1. The Labute approximate surface area is 139 Å². The third-order valence-corrected chi connectivity index (χ3v) is 3.54. The van der Waals surface area contributed by atoms with Crippen LogP contribution in [-0.4, -0.2) is 21.3 Å². The zero-order chi connectivity index (χ0) is 17.1. The van der Waals surface area contributed by atoms with E-state index in [-0.39, 0.29) is 11.8 Å². The standard InChI is InChI=1S/C17H18N4O3/c1-10(2)13-6-4-12(5-7-13)9-15-19-20-17(23-15)18-16(22)14-8-11(3)21-24-14/h4-8,10H,9H2,1-3H3,(H,18,20,22). The quantitative estimate of drug-likeness (QED) is 0.773. The van der Waals surface area contributed by atoms with Gasteiger partial charge in [-0.25, -0.2) is 0 Å². The first-order chi connectivity index (χ1) is 11.5. The Hall–Kier alpha value is -2.96. The molecule has 7 heteroatoms. The molecule has 2 heterocycles. The number of aryl methyl sites for hydroxylation is 1. The third kappa shape index (κ3) is 3.68. The van der Waals surface area contributed by atoms with Gasteiger partial charge in [-0.2, -0.15) is 0 Å². The Kier molecular flexibility index (Phi) is 4.41. The number of carbonyl (C=O) groups excluding carboxylic acids is 1. The van der Waals surface area contributed by atoms with Crippen LogP contribution in [0.4, 0.5) is 6.01 Å². The van der Waals surface area contributed by atoms with E-state index >= 15 is 0 Å². The maximum atomic E-state index is 11.9. The van der Waals surface area contributed by atoms with E-state index < -0.39 is 5.91 Å². The van der Waals surface area contributed by atoms with E-state index in [4.69, 9.17) is 8.94 Å². The molecule has 1 N–H and O–H groups in total. The predicted molar refractivity (Wildman–Crippen MR) is 86.8 cm³/mol. The molecule has 0 atom stereocenters. The van der Waals surface area contributed by atoms with Crippen molar-refractivity contribution >= 4 is 11.9 Å². The summed E-state index contributed by atoms with van der Waals surface area (Å²) in [5, 5.41) is 13.9. The van der Waals surface area contributed by atoms with Gasteiger partial charge in [0.05, 0.1) is 12.1 Å². The molecule has 24 heavy (non-hydrogen) atoms. The fourth-order valence-electron chi connectivity index (χ4n) is 2.20. The average molecular weight is 326 g/mol. The molecule has 3 rings (SSSR count). The SMILES string of the molecule is Cc1cc(C(=O)Nc2nnc(Cc3ccc(C(C)C)cc3)o2)on1. The lowest BCUT2D eigenvalue weighted by Gasteiger charge is -2.05. The summed E-state index contributed by atoms with van der Waals surface area (Å²) in [4.78, 5) is 11.9. The Bertz CT molecular complexity index is 834. The highest BCUT2D eigenvalue weighted by atomic mass is 16.5. The second-order valence-corrected chi connectivity index (χ2v) is 5.86. The lowest BCUT2D eigenvalue weighted by Crippen LogP contribution is -2.11. The molecule has 0 spiro atoms. The van der Waals surface area contributed by atoms with E-state index in [2.05, 4.69) is 46.7 Å². The molecular weight excluding hydrogens is 308 g/mol. The molecule has 124 valence electrons. The van der Waals surface area contributed by atoms with Crippen LogP contribution >= 0.6 is 0 Å². The van der Waals surface area contributed by atoms with Gasteiger partial charge in [0.15, 0.2) is 0 Å². The smallest absolute Gasteiger partial charge is 0.322 e. The second-order valence-electron chi connectivity index (χ2n) is 5.86. The van der Waals surface area contributed by atoms with E-state index in [0.717, 1.165) is 5.56 Å². The number of anilines is 1. The summed E-state index contributed by atoms with van der Waals surface area (Å²) in [5.41, 5.74) is 2.96. The van der Waals surface area contributed by atoms with Crippen LogP contribution in [-0.2, 0) is 6.42 Å². The van der Waals surface area contributed by atoms with E-state index in [9.17, 15) is 4.79 Å². The maximum Gasteiger partial charge on any atom is 0.322 e. The Balaban J connectivity index is 1.64. The molecule has 0 radical (unpaired) electrons. The largest absolute Gasteiger partial charge is 0.407 e. The second kappa shape index (κ2) is 6.66. The molecule has 2 aromatic heterocycles. The van der Waals surface area contributed by atoms with Crippen molar-refractivity contribution in [2.24, 2.45) is 0 Å². The van der Waals surface area contributed by atoms with Crippen LogP contribution in [0.15, 0.2) is 39.3 Å². The van der Waals surface area contributed by atoms with Crippen LogP contribution in [0, 0.1) is 6.92 Å². The summed E-state index contributed by atoms with van der Waals surface area (Å²) >= 11 is 0. The number of hydrogen-bond donors (Lipinski definition) is 1. The minimum Gasteiger partial charge on any atom is -0.407 e. The van der Waals surface area contributed by atoms with E-state index in [1.807, 2.05) is 12.1 Å². The number of hydrogen-bond acceptors (Lipinski definition) is 6. The van der Waals surface area contributed by atoms with Crippen molar-refractivity contribution in [3.8, 4) is 0 Å². The van der Waals surface area contributed by atoms with Gasteiger partial charge < -0.3 is 8.94 Å². The maximum absolute atomic E-state index is 11.9. The number of rotatable bonds is 5. The zero-order valence-corrected chi connectivity index (χ0v) is 13.7. The molecule has 1 aromatic carbocycles. The summed E-state index contributed by atoms with van der Waals surface area (Å²) in [6.07, 6.45) is 0.503. The van der Waals surface area contributed by atoms with Crippen LogP contribution in [0.25, 0.3) is 0 Å². The lowest BCUT2D eigenvalue weighted by molar-refractivity contribution is 0.0985. The first kappa shape index (κ1) is 15.9. The number of benzene rings is 1. The fraction of sp³-hybridized carbons (Fsp3) is 0.294. The normalized spacial score (nSPS) is 11.0. The van der Waals surface area contributed by atoms with Gasteiger partial charge in [0, 0.05) is 6.07 Å². The minimum atomic E-state index is -0.480. The minimum absolute atomic E-state index is 0.0304. The number of nitrogens with one attached hydrogen (secondary N) is 1. The van der Waals surface area contributed by atoms with Crippen molar-refractivity contribution in [3.63, 3.8) is 0 Å². The highest BCUT2D eigenvalue weighted by molar-refractivity contribution is 6.00. The summed E-state index contributed by atoms with van der Waals surface area (Å²) in [5.74, 6) is 0.531. The summed E-state index contributed by atoms with van der Waals surface area (Å²) in [6, 6.07) is 9.81. The lowest BCUT2D eigenvalue weighted by atomic mass is 10.0. The van der Waals surface area contributed by atoms with Crippen molar-refractivity contribution in [1.29, 1.82) is 0 Å². The number of carbonyl (C=O) groups is 1. The predicted octanol–water partition coefficient (Wildman–Crippen LogP) is 3.33. The van der Waals surface area contributed by atoms with Gasteiger partial charge in [-0.15, -0.1) is 5.10 Å². The number of nitrogens with zero attached hydrogens (tertiary/aromatic N) is 3. The van der Waals surface area contributed by atoms with E-state index in [1.165, 1.54) is 11.6 Å². The molecule has 0 aliphatic carbocycles. The van der Waals surface area contributed by atoms with E-state index in [1.54, 1.807) is 6.92 Å².